The highest BCUT2D eigenvalue weighted by Gasteiger charge is 2.34. The van der Waals surface area contributed by atoms with Gasteiger partial charge in [-0.1, -0.05) is 90.4 Å². The summed E-state index contributed by atoms with van der Waals surface area (Å²) in [4.78, 5) is 83.0. The Morgan fingerprint density at radius 1 is 0.441 bits per heavy atom. The third-order valence-electron chi connectivity index (χ3n) is 11.3. The minimum Gasteiger partial charge on any atom is -0.426 e. The van der Waals surface area contributed by atoms with Crippen molar-refractivity contribution in [3.8, 4) is 40.0 Å². The lowest BCUT2D eigenvalue weighted by atomic mass is 9.96. The molecule has 68 heavy (non-hydrogen) atoms. The molecule has 378 valence electrons. The maximum Gasteiger partial charge on any atom is 0.316 e. The smallest absolute Gasteiger partial charge is 0.316 e. The molecule has 3 rings (SSSR count). The van der Waals surface area contributed by atoms with Gasteiger partial charge in [-0.3, -0.25) is 28.8 Å². The number of rotatable bonds is 21. The second kappa shape index (κ2) is 24.0. The van der Waals surface area contributed by atoms with Gasteiger partial charge in [0.15, 0.2) is 11.5 Å². The summed E-state index contributed by atoms with van der Waals surface area (Å²) < 4.78 is 31.7. The molecule has 3 aromatic rings. The van der Waals surface area contributed by atoms with Crippen molar-refractivity contribution in [2.45, 2.75) is 207 Å². The lowest BCUT2D eigenvalue weighted by Gasteiger charge is -2.25. The summed E-state index contributed by atoms with van der Waals surface area (Å²) in [5.41, 5.74) is -4.97. The number of ether oxygens (including phenoxy) is 5. The van der Waals surface area contributed by atoms with Gasteiger partial charge in [-0.15, -0.1) is 0 Å². The Bertz CT molecular complexity index is 2300. The normalized spacial score (nSPS) is 12.5. The van der Waals surface area contributed by atoms with E-state index in [4.69, 9.17) is 23.7 Å². The first-order valence-electron chi connectivity index (χ1n) is 24.9. The molecule has 0 saturated heterocycles. The number of carbonyl (C=O) groups is 5. The monoisotopic (exact) mass is 946 g/mol. The van der Waals surface area contributed by atoms with E-state index in [1.807, 2.05) is 0 Å². The summed E-state index contributed by atoms with van der Waals surface area (Å²) in [6, 6.07) is 7.45. The fraction of sp³-hybridized carbons (Fsp3) is 0.643. The van der Waals surface area contributed by atoms with Crippen molar-refractivity contribution in [3.05, 3.63) is 40.6 Å². The Kier molecular flexibility index (Phi) is 20.2. The van der Waals surface area contributed by atoms with E-state index in [1.165, 1.54) is 76.0 Å². The predicted octanol–water partition coefficient (Wildman–Crippen LogP) is 13.9. The number of nitrogens with zero attached hydrogens (tertiary/aromatic N) is 1. The Labute approximate surface area is 406 Å². The van der Waals surface area contributed by atoms with E-state index in [1.54, 1.807) is 121 Å². The van der Waals surface area contributed by atoms with Crippen molar-refractivity contribution in [3.63, 3.8) is 0 Å². The third-order valence-corrected chi connectivity index (χ3v) is 11.3. The quantitative estimate of drug-likeness (QED) is 0.0569. The van der Waals surface area contributed by atoms with Crippen LogP contribution in [-0.4, -0.2) is 34.4 Å². The number of aromatic nitrogens is 1. The van der Waals surface area contributed by atoms with Gasteiger partial charge in [0.25, 0.3) is 0 Å². The average Bonchev–Trinajstić information content (AvgIpc) is 3.21. The molecule has 2 aromatic carbocycles. The van der Waals surface area contributed by atoms with Crippen LogP contribution in [0, 0.1) is 27.1 Å². The van der Waals surface area contributed by atoms with Gasteiger partial charge < -0.3 is 28.3 Å². The summed E-state index contributed by atoms with van der Waals surface area (Å²) in [6.45, 7) is 27.8. The van der Waals surface area contributed by atoms with Gasteiger partial charge >= 0.3 is 29.8 Å². The molecule has 0 radical (unpaired) electrons. The SMILES string of the molecule is CCCCCCCCCCCCCCCCn1c(-c2ccc(OC(=O)C(C)(C)C)c(OC(=O)C(C)(C)C)c2)c(OC(=O)C(C)(C)C)c(=O)c2c(OC(=O)C(C)(C)C)cc(OC(=O)C(C)(C)C)cc21. The molecule has 1 aromatic heterocycles. The van der Waals surface area contributed by atoms with Crippen LogP contribution in [0.3, 0.4) is 0 Å². The maximum absolute atomic E-state index is 15.3. The fourth-order valence-corrected chi connectivity index (χ4v) is 6.78. The van der Waals surface area contributed by atoms with Crippen molar-refractivity contribution in [2.75, 3.05) is 0 Å². The standard InChI is InChI=1S/C56H83NO11/c1-17-18-19-20-21-22-23-24-25-26-27-28-29-30-33-57-39-35-38(64-47(59)52(2,3)4)36-42(67-50(62)55(11,12)13)43(39)45(58)46(68-51(63)56(14,15)16)44(57)37-31-32-40(65-48(60)53(5,6)7)41(34-37)66-49(61)54(8,9)10/h31-32,34-36H,17-30,33H2,1-16H3. The number of carbonyl (C=O) groups excluding carboxylic acids is 5. The van der Waals surface area contributed by atoms with Crippen molar-refractivity contribution < 1.29 is 47.7 Å². The van der Waals surface area contributed by atoms with Crippen LogP contribution in [0.1, 0.15) is 201 Å². The molecule has 0 N–H and O–H groups in total. The van der Waals surface area contributed by atoms with Gasteiger partial charge in [-0.2, -0.15) is 0 Å². The first kappa shape index (κ1) is 57.3. The van der Waals surface area contributed by atoms with Crippen molar-refractivity contribution in [1.82, 2.24) is 4.57 Å². The summed E-state index contributed by atoms with van der Waals surface area (Å²) in [5, 5.41) is -0.0703. The number of hydrogen-bond donors (Lipinski definition) is 0. The van der Waals surface area contributed by atoms with Crippen LogP contribution in [0.2, 0.25) is 0 Å². The molecule has 0 aliphatic heterocycles. The molecule has 0 bridgehead atoms. The van der Waals surface area contributed by atoms with Gasteiger partial charge in [0.1, 0.15) is 11.5 Å². The Morgan fingerprint density at radius 2 is 0.824 bits per heavy atom. The highest BCUT2D eigenvalue weighted by atomic mass is 16.6. The number of unbranched alkanes of at least 4 members (excludes halogenated alkanes) is 13. The minimum atomic E-state index is -1.07. The molecule has 0 unspecified atom stereocenters. The van der Waals surface area contributed by atoms with Crippen LogP contribution < -0.4 is 29.1 Å². The number of pyridine rings is 1. The van der Waals surface area contributed by atoms with Crippen molar-refractivity contribution in [1.29, 1.82) is 0 Å². The van der Waals surface area contributed by atoms with Crippen LogP contribution in [-0.2, 0) is 30.5 Å². The molecular weight excluding hydrogens is 863 g/mol. The van der Waals surface area contributed by atoms with E-state index in [2.05, 4.69) is 6.92 Å². The van der Waals surface area contributed by atoms with E-state index in [-0.39, 0.29) is 57.5 Å². The maximum atomic E-state index is 15.3. The van der Waals surface area contributed by atoms with Crippen LogP contribution in [0.15, 0.2) is 35.1 Å². The van der Waals surface area contributed by atoms with E-state index < -0.39 is 62.4 Å². The highest BCUT2D eigenvalue weighted by Crippen LogP contribution is 2.42. The average molecular weight is 946 g/mol. The number of benzene rings is 2. The van der Waals surface area contributed by atoms with Gasteiger partial charge in [-0.05, 0) is 128 Å². The molecule has 12 nitrogen and oxygen atoms in total. The Morgan fingerprint density at radius 3 is 1.26 bits per heavy atom. The zero-order valence-corrected chi connectivity index (χ0v) is 44.4. The van der Waals surface area contributed by atoms with Gasteiger partial charge in [0.2, 0.25) is 11.2 Å². The second-order valence-corrected chi connectivity index (χ2v) is 23.4. The van der Waals surface area contributed by atoms with Gasteiger partial charge in [0.05, 0.1) is 43.7 Å². The lowest BCUT2D eigenvalue weighted by molar-refractivity contribution is -0.145. The molecule has 0 amide bonds. The third kappa shape index (κ3) is 16.9. The summed E-state index contributed by atoms with van der Waals surface area (Å²) in [6.07, 6.45) is 16.0. The zero-order chi connectivity index (χ0) is 51.4. The largest absolute Gasteiger partial charge is 0.426 e. The van der Waals surface area contributed by atoms with Crippen LogP contribution in [0.4, 0.5) is 0 Å². The van der Waals surface area contributed by atoms with Crippen LogP contribution in [0.25, 0.3) is 22.2 Å². The number of aryl methyl sites for hydroxylation is 1. The first-order valence-corrected chi connectivity index (χ1v) is 24.9. The number of hydrogen-bond acceptors (Lipinski definition) is 11. The highest BCUT2D eigenvalue weighted by molar-refractivity contribution is 5.96. The zero-order valence-electron chi connectivity index (χ0n) is 44.4. The van der Waals surface area contributed by atoms with E-state index in [9.17, 15) is 24.0 Å². The molecule has 1 heterocycles. The summed E-state index contributed by atoms with van der Waals surface area (Å²) in [5.74, 6) is -3.76. The summed E-state index contributed by atoms with van der Waals surface area (Å²) in [7, 11) is 0. The molecule has 0 aliphatic rings. The van der Waals surface area contributed by atoms with E-state index >= 15 is 4.79 Å². The molecule has 0 atom stereocenters. The number of esters is 5. The Balaban J connectivity index is 2.37. The second-order valence-electron chi connectivity index (χ2n) is 23.4. The molecule has 0 spiro atoms. The lowest BCUT2D eigenvalue weighted by Crippen LogP contribution is -2.30. The van der Waals surface area contributed by atoms with E-state index in [0.717, 1.165) is 25.7 Å². The first-order chi connectivity index (χ1) is 31.4. The molecule has 0 aliphatic carbocycles. The molecule has 0 saturated carbocycles. The molecule has 0 fully saturated rings. The fourth-order valence-electron chi connectivity index (χ4n) is 6.78. The van der Waals surface area contributed by atoms with Crippen molar-refractivity contribution in [2.24, 2.45) is 27.1 Å². The van der Waals surface area contributed by atoms with Crippen LogP contribution in [0.5, 0.6) is 28.7 Å². The summed E-state index contributed by atoms with van der Waals surface area (Å²) >= 11 is 0. The molecule has 12 heteroatoms. The number of fused-ring (bicyclic) bond motifs is 1. The van der Waals surface area contributed by atoms with Crippen LogP contribution >= 0.6 is 0 Å². The van der Waals surface area contributed by atoms with Gasteiger partial charge in [0, 0.05) is 24.2 Å². The minimum absolute atomic E-state index is 0.0258. The van der Waals surface area contributed by atoms with E-state index in [0.29, 0.717) is 6.42 Å². The van der Waals surface area contributed by atoms with Crippen molar-refractivity contribution >= 4 is 40.7 Å². The topological polar surface area (TPSA) is 154 Å². The predicted molar refractivity (Wildman–Crippen MR) is 269 cm³/mol. The van der Waals surface area contributed by atoms with Gasteiger partial charge in [-0.25, -0.2) is 0 Å². The molecular formula is C56H83NO11. The Hall–Kier alpha value is -5.00.